The number of amides is 2. The molecule has 1 aliphatic rings. The first-order valence-electron chi connectivity index (χ1n) is 8.62. The number of hydrogen-bond acceptors (Lipinski definition) is 2. The first-order valence-corrected chi connectivity index (χ1v) is 8.62. The van der Waals surface area contributed by atoms with Crippen molar-refractivity contribution in [3.05, 3.63) is 54.6 Å². The van der Waals surface area contributed by atoms with Gasteiger partial charge in [-0.25, -0.2) is 4.79 Å². The van der Waals surface area contributed by atoms with Crippen molar-refractivity contribution in [2.75, 3.05) is 18.5 Å². The van der Waals surface area contributed by atoms with Crippen LogP contribution in [0.25, 0.3) is 22.2 Å². The van der Waals surface area contributed by atoms with Crippen molar-refractivity contribution in [1.82, 2.24) is 10.3 Å². The quantitative estimate of drug-likeness (QED) is 0.671. The summed E-state index contributed by atoms with van der Waals surface area (Å²) in [6.07, 6.45) is 2.22. The van der Waals surface area contributed by atoms with E-state index >= 15 is 0 Å². The summed E-state index contributed by atoms with van der Waals surface area (Å²) in [5, 5.41) is 6.93. The van der Waals surface area contributed by atoms with Gasteiger partial charge in [0.15, 0.2) is 0 Å². The third-order valence-corrected chi connectivity index (χ3v) is 4.48. The van der Waals surface area contributed by atoms with Crippen molar-refractivity contribution in [3.8, 4) is 11.3 Å². The molecule has 1 aliphatic heterocycles. The molecule has 2 heterocycles. The van der Waals surface area contributed by atoms with E-state index in [4.69, 9.17) is 4.74 Å². The van der Waals surface area contributed by atoms with E-state index in [0.717, 1.165) is 41.9 Å². The van der Waals surface area contributed by atoms with Gasteiger partial charge in [-0.2, -0.15) is 0 Å². The van der Waals surface area contributed by atoms with Crippen LogP contribution in [0.3, 0.4) is 0 Å². The highest BCUT2D eigenvalue weighted by molar-refractivity contribution is 5.91. The minimum absolute atomic E-state index is 0.142. The lowest BCUT2D eigenvalue weighted by Crippen LogP contribution is -2.35. The number of fused-ring (bicyclic) bond motifs is 1. The molecule has 5 heteroatoms. The molecule has 0 spiro atoms. The number of H-pyrrole nitrogens is 1. The molecule has 2 amide bonds. The van der Waals surface area contributed by atoms with Crippen LogP contribution in [0.2, 0.25) is 0 Å². The number of carbonyl (C=O) groups excluding carboxylic acids is 1. The third-order valence-electron chi connectivity index (χ3n) is 4.48. The van der Waals surface area contributed by atoms with E-state index < -0.39 is 0 Å². The molecule has 4 rings (SSSR count). The number of nitrogens with one attached hydrogen (secondary N) is 3. The van der Waals surface area contributed by atoms with E-state index in [1.54, 1.807) is 0 Å². The van der Waals surface area contributed by atoms with Gasteiger partial charge in [0.05, 0.1) is 6.10 Å². The van der Waals surface area contributed by atoms with E-state index in [9.17, 15) is 4.79 Å². The average molecular weight is 335 g/mol. The van der Waals surface area contributed by atoms with Crippen LogP contribution in [-0.2, 0) is 4.74 Å². The second kappa shape index (κ2) is 6.99. The number of anilines is 1. The Morgan fingerprint density at radius 3 is 2.92 bits per heavy atom. The highest BCUT2D eigenvalue weighted by Gasteiger charge is 2.16. The minimum atomic E-state index is -0.204. The monoisotopic (exact) mass is 335 g/mol. The van der Waals surface area contributed by atoms with Gasteiger partial charge in [0.25, 0.3) is 0 Å². The summed E-state index contributed by atoms with van der Waals surface area (Å²) in [5.41, 5.74) is 3.93. The molecule has 1 atom stereocenters. The maximum absolute atomic E-state index is 12.1. The number of carbonyl (C=O) groups is 1. The fourth-order valence-electron chi connectivity index (χ4n) is 3.18. The fraction of sp³-hybridized carbons (Fsp3) is 0.250. The smallest absolute Gasteiger partial charge is 0.319 e. The van der Waals surface area contributed by atoms with Crippen LogP contribution in [0.15, 0.2) is 54.6 Å². The van der Waals surface area contributed by atoms with Crippen molar-refractivity contribution in [3.63, 3.8) is 0 Å². The molecule has 3 aromatic rings. The number of rotatable bonds is 4. The van der Waals surface area contributed by atoms with E-state index in [-0.39, 0.29) is 12.1 Å². The SMILES string of the molecule is O=C(NCC1CCCO1)Nc1cccc(-c2cc3ccccc3[nH]2)c1. The molecule has 1 aromatic heterocycles. The van der Waals surface area contributed by atoms with Crippen LogP contribution in [0, 0.1) is 0 Å². The summed E-state index contributed by atoms with van der Waals surface area (Å²) in [4.78, 5) is 15.5. The molecule has 0 radical (unpaired) electrons. The van der Waals surface area contributed by atoms with Crippen molar-refractivity contribution in [2.45, 2.75) is 18.9 Å². The van der Waals surface area contributed by atoms with Crippen LogP contribution < -0.4 is 10.6 Å². The highest BCUT2D eigenvalue weighted by Crippen LogP contribution is 2.26. The van der Waals surface area contributed by atoms with Crippen LogP contribution in [0.4, 0.5) is 10.5 Å². The first kappa shape index (κ1) is 15.7. The minimum Gasteiger partial charge on any atom is -0.376 e. The lowest BCUT2D eigenvalue weighted by Gasteiger charge is -2.12. The second-order valence-corrected chi connectivity index (χ2v) is 6.32. The highest BCUT2D eigenvalue weighted by atomic mass is 16.5. The van der Waals surface area contributed by atoms with Gasteiger partial charge in [-0.1, -0.05) is 30.3 Å². The average Bonchev–Trinajstić information content (AvgIpc) is 3.29. The Bertz CT molecular complexity index is 848. The molecule has 25 heavy (non-hydrogen) atoms. The molecular formula is C20H21N3O2. The number of para-hydroxylation sites is 1. The molecule has 1 fully saturated rings. The maximum atomic E-state index is 12.1. The molecule has 1 saturated heterocycles. The van der Waals surface area contributed by atoms with Crippen LogP contribution in [0.5, 0.6) is 0 Å². The van der Waals surface area contributed by atoms with Gasteiger partial charge in [-0.15, -0.1) is 0 Å². The van der Waals surface area contributed by atoms with Crippen molar-refractivity contribution >= 4 is 22.6 Å². The number of aromatic nitrogens is 1. The zero-order chi connectivity index (χ0) is 17.1. The molecule has 3 N–H and O–H groups in total. The van der Waals surface area contributed by atoms with E-state index in [1.807, 2.05) is 36.4 Å². The van der Waals surface area contributed by atoms with Crippen LogP contribution in [0.1, 0.15) is 12.8 Å². The first-order chi connectivity index (χ1) is 12.3. The Kier molecular flexibility index (Phi) is 4.39. The molecule has 1 unspecified atom stereocenters. The van der Waals surface area contributed by atoms with Gasteiger partial charge < -0.3 is 20.4 Å². The summed E-state index contributed by atoms with van der Waals surface area (Å²) in [7, 11) is 0. The van der Waals surface area contributed by atoms with Crippen LogP contribution in [-0.4, -0.2) is 30.3 Å². The van der Waals surface area contributed by atoms with Gasteiger partial charge >= 0.3 is 6.03 Å². The Morgan fingerprint density at radius 2 is 2.08 bits per heavy atom. The molecule has 0 bridgehead atoms. The second-order valence-electron chi connectivity index (χ2n) is 6.32. The number of benzene rings is 2. The van der Waals surface area contributed by atoms with Gasteiger partial charge in [0.1, 0.15) is 0 Å². The van der Waals surface area contributed by atoms with Gasteiger partial charge in [-0.3, -0.25) is 0 Å². The number of hydrogen-bond donors (Lipinski definition) is 3. The molecule has 2 aromatic carbocycles. The summed E-state index contributed by atoms with van der Waals surface area (Å²) in [5.74, 6) is 0. The largest absolute Gasteiger partial charge is 0.376 e. The Hall–Kier alpha value is -2.79. The topological polar surface area (TPSA) is 66.2 Å². The predicted octanol–water partition coefficient (Wildman–Crippen LogP) is 4.14. The van der Waals surface area contributed by atoms with E-state index in [0.29, 0.717) is 6.54 Å². The molecule has 128 valence electrons. The fourth-order valence-corrected chi connectivity index (χ4v) is 3.18. The number of aromatic amines is 1. The van der Waals surface area contributed by atoms with Crippen molar-refractivity contribution < 1.29 is 9.53 Å². The molecule has 0 aliphatic carbocycles. The predicted molar refractivity (Wildman–Crippen MR) is 99.7 cm³/mol. The van der Waals surface area contributed by atoms with Crippen molar-refractivity contribution in [2.24, 2.45) is 0 Å². The molecular weight excluding hydrogens is 314 g/mol. The summed E-state index contributed by atoms with van der Waals surface area (Å²) in [6.45, 7) is 1.34. The van der Waals surface area contributed by atoms with Gasteiger partial charge in [0.2, 0.25) is 0 Å². The van der Waals surface area contributed by atoms with Crippen molar-refractivity contribution in [1.29, 1.82) is 0 Å². The lowest BCUT2D eigenvalue weighted by molar-refractivity contribution is 0.112. The van der Waals surface area contributed by atoms with Crippen LogP contribution >= 0.6 is 0 Å². The standard InChI is InChI=1S/C20H21N3O2/c24-20(21-13-17-8-4-10-25-17)22-16-7-3-6-14(11-16)19-12-15-5-1-2-9-18(15)23-19/h1-3,5-7,9,11-12,17,23H,4,8,10,13H2,(H2,21,22,24). The Balaban J connectivity index is 1.44. The summed E-state index contributed by atoms with van der Waals surface area (Å²) >= 11 is 0. The van der Waals surface area contributed by atoms with E-state index in [2.05, 4.69) is 33.8 Å². The maximum Gasteiger partial charge on any atom is 0.319 e. The molecule has 5 nitrogen and oxygen atoms in total. The zero-order valence-corrected chi connectivity index (χ0v) is 13.9. The Labute approximate surface area is 146 Å². The van der Waals surface area contributed by atoms with Gasteiger partial charge in [0, 0.05) is 41.0 Å². The van der Waals surface area contributed by atoms with Gasteiger partial charge in [-0.05, 0) is 37.1 Å². The number of ether oxygens (including phenoxy) is 1. The lowest BCUT2D eigenvalue weighted by atomic mass is 10.1. The zero-order valence-electron chi connectivity index (χ0n) is 13.9. The van der Waals surface area contributed by atoms with E-state index in [1.165, 1.54) is 5.39 Å². The summed E-state index contributed by atoms with van der Waals surface area (Å²) < 4.78 is 5.51. The Morgan fingerprint density at radius 1 is 1.16 bits per heavy atom. The summed E-state index contributed by atoms with van der Waals surface area (Å²) in [6, 6.07) is 17.9. The number of urea groups is 1. The molecule has 0 saturated carbocycles. The normalized spacial score (nSPS) is 16.9. The third kappa shape index (κ3) is 3.67.